The molecule has 0 aromatic heterocycles. The third-order valence-electron chi connectivity index (χ3n) is 11.6. The van der Waals surface area contributed by atoms with E-state index in [2.05, 4.69) is 4.74 Å². The van der Waals surface area contributed by atoms with Crippen molar-refractivity contribution in [1.82, 2.24) is 0 Å². The predicted molar refractivity (Wildman–Crippen MR) is 157 cm³/mol. The molecule has 0 radical (unpaired) electrons. The number of carbonyl (C=O) groups is 4. The molecule has 0 bridgehead atoms. The fourth-order valence-corrected chi connectivity index (χ4v) is 8.48. The molecule has 11 nitrogen and oxygen atoms in total. The number of Topliss-reactive ketones (excluding diaryl/α,β-unsaturated/α-hetero) is 1. The van der Waals surface area contributed by atoms with Crippen LogP contribution in [0.4, 0.5) is 0 Å². The zero-order valence-electron chi connectivity index (χ0n) is 26.9. The summed E-state index contributed by atoms with van der Waals surface area (Å²) in [6, 6.07) is 0. The molecular formula is C33H48O11. The second-order valence-corrected chi connectivity index (χ2v) is 13.9. The van der Waals surface area contributed by atoms with Gasteiger partial charge in [-0.3, -0.25) is 4.79 Å². The van der Waals surface area contributed by atoms with Crippen molar-refractivity contribution in [2.24, 2.45) is 22.7 Å². The van der Waals surface area contributed by atoms with Crippen molar-refractivity contribution in [1.29, 1.82) is 0 Å². The number of ether oxygens (including phenoxy) is 4. The molecule has 0 aromatic rings. The molecule has 3 N–H and O–H groups in total. The molecule has 0 unspecified atom stereocenters. The maximum absolute atomic E-state index is 13.2. The number of ketones is 1. The van der Waals surface area contributed by atoms with Crippen LogP contribution >= 0.6 is 0 Å². The Hall–Kier alpha value is -2.60. The van der Waals surface area contributed by atoms with Gasteiger partial charge in [0.2, 0.25) is 0 Å². The Morgan fingerprint density at radius 3 is 2.27 bits per heavy atom. The molecule has 0 spiro atoms. The monoisotopic (exact) mass is 620 g/mol. The standard InChI is InChI=1S/C33H48O11/c1-19(2)20(3)14-26(35)44-25-16-24-29(5)10-9-23(43-28(37)18-42-17-27(36)41-7)15-22(29)8-11-32(24,39)33(40)13-12-31(38,21(4)34)30(25,33)6/h8,14,19,23-25,38-40H,9-13,15-18H2,1-7H3/b20-14+/t23-,24+,25+,29-,30+,31+,32-,33+/m0/s1. The van der Waals surface area contributed by atoms with Crippen LogP contribution in [0.1, 0.15) is 86.5 Å². The fraction of sp³-hybridized carbons (Fsp3) is 0.758. The molecular weight excluding hydrogens is 572 g/mol. The van der Waals surface area contributed by atoms with E-state index in [1.807, 2.05) is 33.8 Å². The first-order valence-electron chi connectivity index (χ1n) is 15.5. The number of aliphatic hydroxyl groups is 3. The highest BCUT2D eigenvalue weighted by Crippen LogP contribution is 2.71. The van der Waals surface area contributed by atoms with Crippen molar-refractivity contribution in [2.75, 3.05) is 20.3 Å². The molecule has 246 valence electrons. The zero-order chi connectivity index (χ0) is 32.9. The normalized spacial score (nSPS) is 39.8. The molecule has 11 heteroatoms. The van der Waals surface area contributed by atoms with Gasteiger partial charge in [-0.1, -0.05) is 38.0 Å². The summed E-state index contributed by atoms with van der Waals surface area (Å²) >= 11 is 0. The van der Waals surface area contributed by atoms with Crippen LogP contribution in [-0.4, -0.2) is 88.3 Å². The zero-order valence-corrected chi connectivity index (χ0v) is 26.9. The second kappa shape index (κ2) is 12.0. The van der Waals surface area contributed by atoms with Crippen molar-refractivity contribution in [3.8, 4) is 0 Å². The van der Waals surface area contributed by atoms with E-state index in [1.54, 1.807) is 6.92 Å². The smallest absolute Gasteiger partial charge is 0.332 e. The van der Waals surface area contributed by atoms with Crippen LogP contribution < -0.4 is 0 Å². The first kappa shape index (κ1) is 34.3. The topological polar surface area (TPSA) is 166 Å². The van der Waals surface area contributed by atoms with Crippen LogP contribution in [0.5, 0.6) is 0 Å². The number of hydrogen-bond acceptors (Lipinski definition) is 11. The lowest BCUT2D eigenvalue weighted by molar-refractivity contribution is -0.314. The second-order valence-electron chi connectivity index (χ2n) is 13.9. The van der Waals surface area contributed by atoms with Crippen LogP contribution in [0, 0.1) is 22.7 Å². The van der Waals surface area contributed by atoms with Gasteiger partial charge in [-0.15, -0.1) is 0 Å². The van der Waals surface area contributed by atoms with Gasteiger partial charge in [0.25, 0.3) is 0 Å². The molecule has 3 fully saturated rings. The third-order valence-corrected chi connectivity index (χ3v) is 11.6. The van der Waals surface area contributed by atoms with Crippen LogP contribution in [-0.2, 0) is 38.1 Å². The van der Waals surface area contributed by atoms with Crippen molar-refractivity contribution < 1.29 is 53.4 Å². The van der Waals surface area contributed by atoms with E-state index in [9.17, 15) is 34.5 Å². The summed E-state index contributed by atoms with van der Waals surface area (Å²) in [6.07, 6.45) is 3.18. The summed E-state index contributed by atoms with van der Waals surface area (Å²) in [4.78, 5) is 49.8. The van der Waals surface area contributed by atoms with Gasteiger partial charge in [-0.05, 0) is 70.6 Å². The third kappa shape index (κ3) is 5.23. The molecule has 44 heavy (non-hydrogen) atoms. The van der Waals surface area contributed by atoms with Crippen LogP contribution in [0.2, 0.25) is 0 Å². The van der Waals surface area contributed by atoms with E-state index in [-0.39, 0.29) is 38.2 Å². The Kier molecular flexibility index (Phi) is 9.32. The van der Waals surface area contributed by atoms with Gasteiger partial charge in [0.1, 0.15) is 42.2 Å². The minimum Gasteiger partial charge on any atom is -0.467 e. The average molecular weight is 621 g/mol. The Labute approximate surface area is 258 Å². The fourth-order valence-electron chi connectivity index (χ4n) is 8.48. The summed E-state index contributed by atoms with van der Waals surface area (Å²) < 4.78 is 21.3. The summed E-state index contributed by atoms with van der Waals surface area (Å²) in [5.74, 6) is -2.88. The van der Waals surface area contributed by atoms with Crippen LogP contribution in [0.3, 0.4) is 0 Å². The molecule has 4 aliphatic rings. The molecule has 0 amide bonds. The lowest BCUT2D eigenvalue weighted by atomic mass is 9.42. The first-order valence-corrected chi connectivity index (χ1v) is 15.5. The number of rotatable bonds is 9. The van der Waals surface area contributed by atoms with Crippen molar-refractivity contribution in [3.63, 3.8) is 0 Å². The lowest BCUT2D eigenvalue weighted by Gasteiger charge is -2.67. The Morgan fingerprint density at radius 2 is 1.66 bits per heavy atom. The summed E-state index contributed by atoms with van der Waals surface area (Å²) in [5.41, 5.74) is -6.26. The molecule has 0 heterocycles. The summed E-state index contributed by atoms with van der Waals surface area (Å²) in [7, 11) is 1.22. The van der Waals surface area contributed by atoms with Gasteiger partial charge >= 0.3 is 17.9 Å². The minimum atomic E-state index is -2.02. The van der Waals surface area contributed by atoms with Crippen molar-refractivity contribution >= 4 is 23.7 Å². The van der Waals surface area contributed by atoms with Crippen molar-refractivity contribution in [3.05, 3.63) is 23.3 Å². The minimum absolute atomic E-state index is 0.0491. The van der Waals surface area contributed by atoms with Gasteiger partial charge in [0.05, 0.1) is 12.5 Å². The highest BCUT2D eigenvalue weighted by molar-refractivity contribution is 5.87. The number of fused-ring (bicyclic) bond motifs is 5. The maximum Gasteiger partial charge on any atom is 0.332 e. The molecule has 3 saturated carbocycles. The molecule has 4 aliphatic carbocycles. The SMILES string of the molecule is COC(=O)COCC(=O)O[C@H]1CC[C@@]2(C)C(=CC[C@]3(O)[C@@H]2C[C@@H](OC(=O)/C=C(\C)C(C)C)[C@@]2(C)[C@]3(O)CC[C@@]2(O)C(C)=O)C1. The molecule has 0 aliphatic heterocycles. The maximum atomic E-state index is 13.2. The largest absolute Gasteiger partial charge is 0.467 e. The first-order chi connectivity index (χ1) is 20.4. The van der Waals surface area contributed by atoms with Gasteiger partial charge in [0, 0.05) is 18.4 Å². The predicted octanol–water partition coefficient (Wildman–Crippen LogP) is 2.72. The Balaban J connectivity index is 1.65. The number of carbonyl (C=O) groups excluding carboxylic acids is 4. The summed E-state index contributed by atoms with van der Waals surface area (Å²) in [6.45, 7) is 9.79. The molecule has 4 rings (SSSR count). The van der Waals surface area contributed by atoms with E-state index >= 15 is 0 Å². The lowest BCUT2D eigenvalue weighted by Crippen LogP contribution is -2.78. The molecule has 8 atom stereocenters. The summed E-state index contributed by atoms with van der Waals surface area (Å²) in [5, 5.41) is 36.9. The van der Waals surface area contributed by atoms with E-state index in [0.717, 1.165) is 11.1 Å². The van der Waals surface area contributed by atoms with Gasteiger partial charge in [-0.2, -0.15) is 0 Å². The van der Waals surface area contributed by atoms with Crippen molar-refractivity contribution in [2.45, 2.75) is 115 Å². The number of esters is 3. The van der Waals surface area contributed by atoms with E-state index in [0.29, 0.717) is 19.3 Å². The number of allylic oxidation sites excluding steroid dienone is 1. The van der Waals surface area contributed by atoms with Gasteiger partial charge in [-0.25, -0.2) is 14.4 Å². The van der Waals surface area contributed by atoms with Crippen LogP contribution in [0.25, 0.3) is 0 Å². The van der Waals surface area contributed by atoms with Crippen LogP contribution in [0.15, 0.2) is 23.3 Å². The highest BCUT2D eigenvalue weighted by atomic mass is 16.6. The van der Waals surface area contributed by atoms with E-state index < -0.39 is 76.1 Å². The van der Waals surface area contributed by atoms with Gasteiger partial charge in [0.15, 0.2) is 5.78 Å². The Bertz CT molecular complexity index is 1250. The molecule has 0 saturated heterocycles. The quantitative estimate of drug-likeness (QED) is 0.150. The number of hydrogen-bond donors (Lipinski definition) is 3. The highest BCUT2D eigenvalue weighted by Gasteiger charge is 2.81. The Morgan fingerprint density at radius 1 is 1.00 bits per heavy atom. The average Bonchev–Trinajstić information content (AvgIpc) is 3.18. The van der Waals surface area contributed by atoms with E-state index in [4.69, 9.17) is 14.2 Å². The van der Waals surface area contributed by atoms with E-state index in [1.165, 1.54) is 20.1 Å². The molecule has 0 aromatic carbocycles. The van der Waals surface area contributed by atoms with Gasteiger partial charge < -0.3 is 34.3 Å². The number of methoxy groups -OCH3 is 1.